The van der Waals surface area contributed by atoms with Crippen molar-refractivity contribution in [2.75, 3.05) is 24.3 Å². The molecular weight excluding hydrogens is 214 g/mol. The minimum absolute atomic E-state index is 0.233. The highest BCUT2D eigenvalue weighted by molar-refractivity contribution is 5.63. The molecule has 2 atom stereocenters. The van der Waals surface area contributed by atoms with Gasteiger partial charge in [0.25, 0.3) is 0 Å². The molecule has 0 spiro atoms. The number of hydrogen-bond donors (Lipinski definition) is 1. The van der Waals surface area contributed by atoms with Crippen molar-refractivity contribution in [2.24, 2.45) is 0 Å². The molecule has 4 nitrogen and oxygen atoms in total. The van der Waals surface area contributed by atoms with E-state index in [0.717, 1.165) is 18.7 Å². The van der Waals surface area contributed by atoms with Crippen LogP contribution in [0.25, 0.3) is 0 Å². The van der Waals surface area contributed by atoms with Gasteiger partial charge in [-0.2, -0.15) is 5.26 Å². The first-order valence-electron chi connectivity index (χ1n) is 5.77. The lowest BCUT2D eigenvalue weighted by Crippen LogP contribution is -2.36. The molecule has 0 radical (unpaired) electrons. The summed E-state index contributed by atoms with van der Waals surface area (Å²) in [6.45, 7) is 2.89. The number of anilines is 2. The Kier molecular flexibility index (Phi) is 3.21. The van der Waals surface area contributed by atoms with Crippen molar-refractivity contribution in [3.8, 4) is 6.07 Å². The van der Waals surface area contributed by atoms with Gasteiger partial charge in [-0.05, 0) is 31.5 Å². The fourth-order valence-corrected chi connectivity index (χ4v) is 2.29. The average Bonchev–Trinajstić information content (AvgIpc) is 2.74. The third-order valence-electron chi connectivity index (χ3n) is 3.40. The lowest BCUT2D eigenvalue weighted by Gasteiger charge is -2.29. The molecule has 4 heteroatoms. The van der Waals surface area contributed by atoms with Gasteiger partial charge in [-0.1, -0.05) is 0 Å². The van der Waals surface area contributed by atoms with Crippen LogP contribution in [0.2, 0.25) is 0 Å². The molecule has 1 heterocycles. The zero-order valence-corrected chi connectivity index (χ0v) is 10.2. The summed E-state index contributed by atoms with van der Waals surface area (Å²) in [7, 11) is 2.04. The Bertz CT molecular complexity index is 452. The number of nitriles is 1. The first-order valence-corrected chi connectivity index (χ1v) is 5.77. The van der Waals surface area contributed by atoms with E-state index in [1.165, 1.54) is 0 Å². The summed E-state index contributed by atoms with van der Waals surface area (Å²) in [5.74, 6) is 0. The zero-order valence-electron chi connectivity index (χ0n) is 10.2. The highest BCUT2D eigenvalue weighted by Gasteiger charge is 2.28. The quantitative estimate of drug-likeness (QED) is 0.788. The molecule has 0 amide bonds. The Morgan fingerprint density at radius 3 is 2.82 bits per heavy atom. The number of nitrogens with zero attached hydrogens (tertiary/aromatic N) is 2. The number of benzene rings is 1. The summed E-state index contributed by atoms with van der Waals surface area (Å²) in [6.07, 6.45) is 1.26. The van der Waals surface area contributed by atoms with E-state index in [2.05, 4.69) is 17.9 Å². The smallest absolute Gasteiger partial charge is 0.101 e. The number of nitrogens with two attached hydrogens (primary N) is 1. The van der Waals surface area contributed by atoms with Crippen molar-refractivity contribution in [2.45, 2.75) is 25.5 Å². The van der Waals surface area contributed by atoms with E-state index in [0.29, 0.717) is 17.3 Å². The van der Waals surface area contributed by atoms with Crippen molar-refractivity contribution in [3.63, 3.8) is 0 Å². The fraction of sp³-hybridized carbons (Fsp3) is 0.462. The number of nitrogen functional groups attached to an aromatic ring is 1. The van der Waals surface area contributed by atoms with Crippen molar-refractivity contribution >= 4 is 11.4 Å². The molecule has 1 aromatic carbocycles. The lowest BCUT2D eigenvalue weighted by atomic mass is 10.1. The van der Waals surface area contributed by atoms with Crippen LogP contribution in [0.4, 0.5) is 11.4 Å². The Morgan fingerprint density at radius 2 is 2.29 bits per heavy atom. The Hall–Kier alpha value is -1.73. The van der Waals surface area contributed by atoms with Crippen LogP contribution in [-0.2, 0) is 4.74 Å². The van der Waals surface area contributed by atoms with E-state index >= 15 is 0 Å². The lowest BCUT2D eigenvalue weighted by molar-refractivity contribution is 0.118. The molecule has 90 valence electrons. The van der Waals surface area contributed by atoms with Crippen molar-refractivity contribution in [1.29, 1.82) is 5.26 Å². The van der Waals surface area contributed by atoms with Gasteiger partial charge in [0.2, 0.25) is 0 Å². The van der Waals surface area contributed by atoms with E-state index in [1.807, 2.05) is 19.2 Å². The largest absolute Gasteiger partial charge is 0.398 e. The molecule has 0 aliphatic carbocycles. The van der Waals surface area contributed by atoms with E-state index in [9.17, 15) is 0 Å². The third kappa shape index (κ3) is 2.20. The number of hydrogen-bond acceptors (Lipinski definition) is 4. The molecule has 1 saturated heterocycles. The van der Waals surface area contributed by atoms with Gasteiger partial charge in [0.15, 0.2) is 0 Å². The molecule has 0 saturated carbocycles. The maximum atomic E-state index is 8.84. The van der Waals surface area contributed by atoms with Crippen LogP contribution in [0, 0.1) is 11.3 Å². The van der Waals surface area contributed by atoms with Crippen molar-refractivity contribution in [3.05, 3.63) is 23.8 Å². The van der Waals surface area contributed by atoms with E-state index in [4.69, 9.17) is 15.7 Å². The highest BCUT2D eigenvalue weighted by atomic mass is 16.5. The van der Waals surface area contributed by atoms with E-state index < -0.39 is 0 Å². The summed E-state index contributed by atoms with van der Waals surface area (Å²) < 4.78 is 5.56. The molecule has 1 fully saturated rings. The van der Waals surface area contributed by atoms with Crippen LogP contribution in [-0.4, -0.2) is 25.8 Å². The SMILES string of the molecule is CC1OCCC1N(C)c1ccc(C#N)c(N)c1. The highest BCUT2D eigenvalue weighted by Crippen LogP contribution is 2.26. The van der Waals surface area contributed by atoms with Gasteiger partial charge in [-0.25, -0.2) is 0 Å². The van der Waals surface area contributed by atoms with Crippen LogP contribution in [0.15, 0.2) is 18.2 Å². The van der Waals surface area contributed by atoms with Gasteiger partial charge in [0.05, 0.1) is 23.4 Å². The number of rotatable bonds is 2. The molecule has 2 unspecified atom stereocenters. The standard InChI is InChI=1S/C13H17N3O/c1-9-13(5-6-17-9)16(2)11-4-3-10(8-14)12(15)7-11/h3-4,7,9,13H,5-6,15H2,1-2H3. The van der Waals surface area contributed by atoms with Crippen LogP contribution in [0.1, 0.15) is 18.9 Å². The molecule has 1 aliphatic heterocycles. The monoisotopic (exact) mass is 231 g/mol. The van der Waals surface area contributed by atoms with Gasteiger partial charge in [0, 0.05) is 19.3 Å². The van der Waals surface area contributed by atoms with E-state index in [1.54, 1.807) is 6.07 Å². The topological polar surface area (TPSA) is 62.3 Å². The maximum Gasteiger partial charge on any atom is 0.101 e. The molecule has 1 aliphatic rings. The normalized spacial score (nSPS) is 23.4. The van der Waals surface area contributed by atoms with Crippen molar-refractivity contribution in [1.82, 2.24) is 0 Å². The molecule has 0 bridgehead atoms. The predicted octanol–water partition coefficient (Wildman–Crippen LogP) is 1.75. The summed E-state index contributed by atoms with van der Waals surface area (Å²) in [5, 5.41) is 8.84. The second-order valence-electron chi connectivity index (χ2n) is 4.43. The van der Waals surface area contributed by atoms with E-state index in [-0.39, 0.29) is 6.10 Å². The summed E-state index contributed by atoms with van der Waals surface area (Å²) in [5.41, 5.74) is 7.91. The molecule has 1 aromatic rings. The first kappa shape index (κ1) is 11.7. The second kappa shape index (κ2) is 4.64. The zero-order chi connectivity index (χ0) is 12.4. The number of ether oxygens (including phenoxy) is 1. The Balaban J connectivity index is 2.22. The summed E-state index contributed by atoms with van der Waals surface area (Å²) >= 11 is 0. The predicted molar refractivity (Wildman–Crippen MR) is 67.8 cm³/mol. The van der Waals surface area contributed by atoms with Gasteiger partial charge < -0.3 is 15.4 Å². The molecule has 2 N–H and O–H groups in total. The maximum absolute atomic E-state index is 8.84. The van der Waals surface area contributed by atoms with Gasteiger partial charge in [-0.15, -0.1) is 0 Å². The van der Waals surface area contributed by atoms with Crippen LogP contribution >= 0.6 is 0 Å². The van der Waals surface area contributed by atoms with Gasteiger partial charge >= 0.3 is 0 Å². The second-order valence-corrected chi connectivity index (χ2v) is 4.43. The fourth-order valence-electron chi connectivity index (χ4n) is 2.29. The van der Waals surface area contributed by atoms with Crippen LogP contribution < -0.4 is 10.6 Å². The van der Waals surface area contributed by atoms with Crippen molar-refractivity contribution < 1.29 is 4.74 Å². The minimum atomic E-state index is 0.233. The average molecular weight is 231 g/mol. The molecular formula is C13H17N3O. The van der Waals surface area contributed by atoms with Gasteiger partial charge in [-0.3, -0.25) is 0 Å². The molecule has 2 rings (SSSR count). The first-order chi connectivity index (χ1) is 8.13. The number of likely N-dealkylation sites (N-methyl/N-ethyl adjacent to an activating group) is 1. The molecule has 17 heavy (non-hydrogen) atoms. The summed E-state index contributed by atoms with van der Waals surface area (Å²) in [4.78, 5) is 2.18. The molecule has 0 aromatic heterocycles. The Morgan fingerprint density at radius 1 is 1.53 bits per heavy atom. The third-order valence-corrected chi connectivity index (χ3v) is 3.40. The summed E-state index contributed by atoms with van der Waals surface area (Å²) in [6, 6.07) is 8.00. The Labute approximate surface area is 102 Å². The minimum Gasteiger partial charge on any atom is -0.398 e. The van der Waals surface area contributed by atoms with Crippen LogP contribution in [0.5, 0.6) is 0 Å². The van der Waals surface area contributed by atoms with Crippen LogP contribution in [0.3, 0.4) is 0 Å². The van der Waals surface area contributed by atoms with Gasteiger partial charge in [0.1, 0.15) is 6.07 Å².